The molecule has 0 aliphatic carbocycles. The van der Waals surface area contributed by atoms with Crippen molar-refractivity contribution in [2.24, 2.45) is 23.7 Å². The molecule has 2 saturated heterocycles. The van der Waals surface area contributed by atoms with E-state index in [1.165, 1.54) is 60.8 Å². The van der Waals surface area contributed by atoms with Gasteiger partial charge in [0.2, 0.25) is 0 Å². The normalized spacial score (nSPS) is 35.0. The highest BCUT2D eigenvalue weighted by Gasteiger charge is 2.37. The summed E-state index contributed by atoms with van der Waals surface area (Å²) in [6.45, 7) is 14.9. The first-order valence-corrected chi connectivity index (χ1v) is 9.76. The number of piperidine rings is 1. The lowest BCUT2D eigenvalue weighted by molar-refractivity contribution is -0.902. The fourth-order valence-electron chi connectivity index (χ4n) is 5.20. The van der Waals surface area contributed by atoms with E-state index in [4.69, 9.17) is 0 Å². The minimum Gasteiger partial charge on any atom is -0.328 e. The van der Waals surface area contributed by atoms with E-state index in [0.29, 0.717) is 0 Å². The van der Waals surface area contributed by atoms with Gasteiger partial charge in [0.1, 0.15) is 0 Å². The number of nitrogens with zero attached hydrogens (tertiary/aromatic N) is 2. The van der Waals surface area contributed by atoms with Gasteiger partial charge in [0.15, 0.2) is 0 Å². The number of rotatable bonds is 3. The zero-order valence-electron chi connectivity index (χ0n) is 16.9. The summed E-state index contributed by atoms with van der Waals surface area (Å²) in [6, 6.07) is 0. The third-order valence-corrected chi connectivity index (χ3v) is 6.04. The molecule has 2 nitrogen and oxygen atoms in total. The molecule has 0 amide bonds. The maximum atomic E-state index is 2.39. The quantitative estimate of drug-likeness (QED) is 0.647. The van der Waals surface area contributed by atoms with Crippen molar-refractivity contribution in [2.75, 3.05) is 54.4 Å². The molecule has 0 N–H and O–H groups in total. The summed E-state index contributed by atoms with van der Waals surface area (Å²) in [6.07, 6.45) is 5.57. The van der Waals surface area contributed by atoms with E-state index in [2.05, 4.69) is 55.9 Å². The molecule has 140 valence electrons. The van der Waals surface area contributed by atoms with Gasteiger partial charge >= 0.3 is 0 Å². The van der Waals surface area contributed by atoms with Crippen molar-refractivity contribution in [2.45, 2.75) is 60.8 Å². The van der Waals surface area contributed by atoms with Gasteiger partial charge in [0.25, 0.3) is 0 Å². The highest BCUT2D eigenvalue weighted by molar-refractivity contribution is 4.73. The van der Waals surface area contributed by atoms with Crippen LogP contribution < -0.4 is 0 Å². The monoisotopic (exact) mass is 328 g/mol. The fraction of sp³-hybridized carbons (Fsp3) is 1.00. The van der Waals surface area contributed by atoms with Crippen LogP contribution in [0.3, 0.4) is 0 Å². The summed E-state index contributed by atoms with van der Waals surface area (Å²) in [4.78, 5) is 0. The van der Waals surface area contributed by atoms with Gasteiger partial charge in [-0.25, -0.2) is 0 Å². The zero-order valence-corrected chi connectivity index (χ0v) is 16.9. The molecule has 2 heteroatoms. The maximum absolute atomic E-state index is 2.39. The van der Waals surface area contributed by atoms with Gasteiger partial charge in [0.05, 0.1) is 54.4 Å². The third-order valence-electron chi connectivity index (χ3n) is 6.04. The first kappa shape index (κ1) is 22.9. The summed E-state index contributed by atoms with van der Waals surface area (Å²) in [5, 5.41) is 0. The van der Waals surface area contributed by atoms with Gasteiger partial charge in [0, 0.05) is 23.7 Å². The van der Waals surface area contributed by atoms with Gasteiger partial charge in [-0.2, -0.15) is 0 Å². The molecule has 0 aromatic carbocycles. The summed E-state index contributed by atoms with van der Waals surface area (Å²) in [5.41, 5.74) is 0. The van der Waals surface area contributed by atoms with Gasteiger partial charge in [-0.15, -0.1) is 0 Å². The molecule has 0 aromatic heterocycles. The van der Waals surface area contributed by atoms with Crippen molar-refractivity contribution in [1.29, 1.82) is 0 Å². The number of likely N-dealkylation sites (tertiary alicyclic amines) is 2. The largest absolute Gasteiger partial charge is 0.328 e. The molecule has 2 rings (SSSR count). The molecule has 23 heavy (non-hydrogen) atoms. The Kier molecular flexibility index (Phi) is 9.38. The molecular weight excluding hydrogens is 280 g/mol. The van der Waals surface area contributed by atoms with E-state index >= 15 is 0 Å². The second-order valence-corrected chi connectivity index (χ2v) is 9.55. The Hall–Kier alpha value is -0.0800. The van der Waals surface area contributed by atoms with Crippen LogP contribution in [0.2, 0.25) is 0 Å². The van der Waals surface area contributed by atoms with E-state index < -0.39 is 0 Å². The molecule has 4 unspecified atom stereocenters. The van der Waals surface area contributed by atoms with Crippen LogP contribution in [0.4, 0.5) is 0 Å². The van der Waals surface area contributed by atoms with Crippen LogP contribution in [0.15, 0.2) is 0 Å². The first-order chi connectivity index (χ1) is 10.1. The Bertz CT molecular complexity index is 308. The predicted molar refractivity (Wildman–Crippen MR) is 106 cm³/mol. The number of hydrogen-bond donors (Lipinski definition) is 0. The Labute approximate surface area is 148 Å². The van der Waals surface area contributed by atoms with Gasteiger partial charge in [-0.05, 0) is 25.7 Å². The topological polar surface area (TPSA) is 0 Å². The van der Waals surface area contributed by atoms with Gasteiger partial charge in [-0.3, -0.25) is 0 Å². The van der Waals surface area contributed by atoms with E-state index in [1.54, 1.807) is 0 Å². The Morgan fingerprint density at radius 3 is 1.48 bits per heavy atom. The smallest absolute Gasteiger partial charge is 0.0815 e. The van der Waals surface area contributed by atoms with Crippen molar-refractivity contribution in [3.63, 3.8) is 0 Å². The van der Waals surface area contributed by atoms with Crippen LogP contribution in [0.5, 0.6) is 0 Å². The first-order valence-electron chi connectivity index (χ1n) is 9.76. The molecule has 4 atom stereocenters. The minimum atomic E-state index is 0. The summed E-state index contributed by atoms with van der Waals surface area (Å²) >= 11 is 0. The van der Waals surface area contributed by atoms with Crippen molar-refractivity contribution < 1.29 is 8.97 Å². The Morgan fingerprint density at radius 1 is 0.696 bits per heavy atom. The van der Waals surface area contributed by atoms with Crippen molar-refractivity contribution in [1.82, 2.24) is 0 Å². The van der Waals surface area contributed by atoms with Crippen molar-refractivity contribution in [3.8, 4) is 0 Å². The van der Waals surface area contributed by atoms with Crippen LogP contribution >= 0.6 is 0 Å². The number of hydrogen-bond acceptors (Lipinski definition) is 0. The summed E-state index contributed by atoms with van der Waals surface area (Å²) in [5.74, 6) is 3.91. The average molecular weight is 329 g/mol. The lowest BCUT2D eigenvalue weighted by atomic mass is 9.88. The third kappa shape index (κ3) is 7.56. The minimum absolute atomic E-state index is 0. The molecule has 2 heterocycles. The van der Waals surface area contributed by atoms with Crippen LogP contribution in [0.25, 0.3) is 0 Å². The second-order valence-electron chi connectivity index (χ2n) is 9.55. The van der Waals surface area contributed by atoms with Crippen molar-refractivity contribution >= 4 is 0 Å². The second kappa shape index (κ2) is 9.42. The zero-order chi connectivity index (χ0) is 17.0. The van der Waals surface area contributed by atoms with E-state index in [-0.39, 0.29) is 7.43 Å². The fourth-order valence-corrected chi connectivity index (χ4v) is 5.20. The maximum Gasteiger partial charge on any atom is 0.0815 e. The number of quaternary nitrogens is 2. The molecule has 0 spiro atoms. The summed E-state index contributed by atoms with van der Waals surface area (Å²) in [7, 11) is 9.44. The molecule has 2 fully saturated rings. The van der Waals surface area contributed by atoms with E-state index in [9.17, 15) is 0 Å². The molecular formula is C21H48N2+2. The predicted octanol–water partition coefficient (Wildman–Crippen LogP) is 4.89. The van der Waals surface area contributed by atoms with Crippen molar-refractivity contribution in [3.05, 3.63) is 0 Å². The molecule has 0 aromatic rings. The van der Waals surface area contributed by atoms with Crippen LogP contribution in [0, 0.1) is 23.7 Å². The highest BCUT2D eigenvalue weighted by Crippen LogP contribution is 2.31. The van der Waals surface area contributed by atoms with Gasteiger partial charge < -0.3 is 8.97 Å². The van der Waals surface area contributed by atoms with Crippen LogP contribution in [-0.4, -0.2) is 63.3 Å². The molecule has 0 saturated carbocycles. The van der Waals surface area contributed by atoms with Crippen LogP contribution in [0.1, 0.15) is 60.8 Å². The Balaban J connectivity index is 0.000000403. The molecule has 2 aliphatic heterocycles. The van der Waals surface area contributed by atoms with Gasteiger partial charge in [-0.1, -0.05) is 35.1 Å². The van der Waals surface area contributed by atoms with Crippen LogP contribution in [-0.2, 0) is 0 Å². The lowest BCUT2D eigenvalue weighted by Gasteiger charge is -2.40. The molecule has 0 radical (unpaired) electrons. The average Bonchev–Trinajstić information content (AvgIpc) is 2.71. The molecule has 0 bridgehead atoms. The van der Waals surface area contributed by atoms with E-state index in [1.807, 2.05) is 0 Å². The SMILES string of the molecule is C.CCC1CC(C)C[N+](C)(C)C1.CCC1C[N+](C)(C)CC1CC. The Morgan fingerprint density at radius 2 is 1.13 bits per heavy atom. The van der Waals surface area contributed by atoms with E-state index in [0.717, 1.165) is 23.7 Å². The highest BCUT2D eigenvalue weighted by atomic mass is 15.3. The molecule has 2 aliphatic rings. The lowest BCUT2D eigenvalue weighted by Crippen LogP contribution is -2.50. The summed E-state index contributed by atoms with van der Waals surface area (Å²) < 4.78 is 2.48. The standard InChI is InChI=1S/2C10H22N.CH4/c1-5-10-6-9(2)7-11(3,4)8-10;1-5-9-7-11(3,4)8-10(9)6-2;/h2*9-10H,5-8H2,1-4H3;1H4/q2*+1;.